The molecule has 0 aliphatic rings. The van der Waals surface area contributed by atoms with Crippen LogP contribution < -0.4 is 20.1 Å². The summed E-state index contributed by atoms with van der Waals surface area (Å²) in [5, 5.41) is 2.63. The van der Waals surface area contributed by atoms with Gasteiger partial charge >= 0.3 is 34.5 Å². The molecule has 0 aromatic heterocycles. The molecule has 0 heterocycles. The molecule has 4 atom stereocenters. The Labute approximate surface area is 265 Å². The zero-order valence-corrected chi connectivity index (χ0v) is 29.1. The minimum Gasteiger partial charge on any atom is -0.672 e. The van der Waals surface area contributed by atoms with Crippen molar-refractivity contribution >= 4 is 60.6 Å². The molecule has 4 aromatic rings. The van der Waals surface area contributed by atoms with Gasteiger partial charge in [0, 0.05) is 11.1 Å². The van der Waals surface area contributed by atoms with Crippen LogP contribution in [0.4, 0.5) is 0 Å². The molecule has 0 amide bonds. The van der Waals surface area contributed by atoms with Crippen molar-refractivity contribution in [3.8, 4) is 22.6 Å². The van der Waals surface area contributed by atoms with Crippen molar-refractivity contribution in [3.05, 3.63) is 120 Å². The zero-order chi connectivity index (χ0) is 28.6. The van der Waals surface area contributed by atoms with Crippen LogP contribution in [0.2, 0.25) is 0 Å². The minimum atomic E-state index is -0.524. The maximum absolute atomic E-state index is 8.07. The van der Waals surface area contributed by atoms with E-state index < -0.39 is 12.1 Å². The maximum atomic E-state index is 8.07. The molecule has 0 aliphatic heterocycles. The average Bonchev–Trinajstić information content (AvgIpc) is 3.01. The first-order valence-corrected chi connectivity index (χ1v) is 19.5. The first-order valence-electron chi connectivity index (χ1n) is 12.0. The van der Waals surface area contributed by atoms with E-state index in [1.165, 1.54) is 21.7 Å². The van der Waals surface area contributed by atoms with E-state index in [0.29, 0.717) is 17.2 Å². The molecule has 10 heteroatoms. The van der Waals surface area contributed by atoms with Crippen LogP contribution in [0.3, 0.4) is 0 Å². The van der Waals surface area contributed by atoms with Crippen LogP contribution in [-0.4, -0.2) is 27.5 Å². The molecule has 0 saturated heterocycles. The molecule has 0 bridgehead atoms. The first-order chi connectivity index (χ1) is 19.0. The van der Waals surface area contributed by atoms with Gasteiger partial charge in [-0.2, -0.15) is 13.5 Å². The molecular weight excluding hydrogens is 686 g/mol. The Hall–Kier alpha value is -1.19. The Morgan fingerprint density at radius 2 is 0.925 bits per heavy atom. The molecule has 2 N–H and O–H groups in total. The Balaban J connectivity index is 0.000000362. The van der Waals surface area contributed by atoms with Crippen LogP contribution >= 0.6 is 50.0 Å². The third kappa shape index (κ3) is 10.6. The second-order valence-corrected chi connectivity index (χ2v) is 12.8. The van der Waals surface area contributed by atoms with E-state index in [2.05, 4.69) is 37.6 Å². The fourth-order valence-corrected chi connectivity index (χ4v) is 5.56. The van der Waals surface area contributed by atoms with Gasteiger partial charge in [-0.25, -0.2) is 0 Å². The number of nitrogens with one attached hydrogen (secondary N) is 2. The maximum Gasteiger partial charge on any atom is -0.0606 e. The summed E-state index contributed by atoms with van der Waals surface area (Å²) in [5.74, 6) is 1.83. The average molecular weight is 723 g/mol. The number of methoxy groups -OCH3 is 2. The normalized spacial score (nSPS) is 12.0. The van der Waals surface area contributed by atoms with E-state index in [4.69, 9.17) is 40.3 Å². The standard InChI is InChI=1S/C16H20O2P2.C14H14N2.2ClH.Ru.H2S/c1-17-11-7-5-9-13(19-3)15(11)16-12(18-2)8-6-10-14(16)20-4;15-13(11-7-3-1-4-8-11)14(16)12-9-5-2-6-10-12;;;;/h5-10,19-20H,1-4H3;1-10,13-16H;2*1H;;1H2/q;-2;;;+4;/p-2/t;13-,14-;;;;/m.1..../s1. The molecule has 0 fully saturated rings. The summed E-state index contributed by atoms with van der Waals surface area (Å²) in [4.78, 5) is 0. The summed E-state index contributed by atoms with van der Waals surface area (Å²) in [7, 11) is 14.6. The van der Waals surface area contributed by atoms with Gasteiger partial charge in [-0.05, 0) is 36.1 Å². The third-order valence-corrected chi connectivity index (χ3v) is 7.84. The molecule has 0 radical (unpaired) electrons. The molecule has 0 saturated carbocycles. The van der Waals surface area contributed by atoms with Gasteiger partial charge in [0.2, 0.25) is 0 Å². The van der Waals surface area contributed by atoms with Gasteiger partial charge in [-0.15, -0.1) is 12.1 Å². The number of benzene rings is 4. The van der Waals surface area contributed by atoms with Crippen LogP contribution in [0.15, 0.2) is 97.1 Å². The monoisotopic (exact) mass is 722 g/mol. The molecule has 0 aliphatic carbocycles. The van der Waals surface area contributed by atoms with E-state index in [0.717, 1.165) is 22.6 Å². The van der Waals surface area contributed by atoms with Gasteiger partial charge in [0.05, 0.1) is 14.2 Å². The van der Waals surface area contributed by atoms with Crippen molar-refractivity contribution in [1.29, 1.82) is 0 Å². The quantitative estimate of drug-likeness (QED) is 0.135. The summed E-state index contributed by atoms with van der Waals surface area (Å²) < 4.78 is 11.2. The summed E-state index contributed by atoms with van der Waals surface area (Å²) >= 11 is -0.346. The zero-order valence-electron chi connectivity index (χ0n) is 22.8. The molecule has 2 unspecified atom stereocenters. The first kappa shape index (κ1) is 36.8. The molecule has 0 spiro atoms. The predicted molar refractivity (Wildman–Crippen MR) is 182 cm³/mol. The third-order valence-electron chi connectivity index (χ3n) is 5.93. The fraction of sp³-hybridized carbons (Fsp3) is 0.200. The van der Waals surface area contributed by atoms with E-state index >= 15 is 0 Å². The van der Waals surface area contributed by atoms with Gasteiger partial charge in [-0.1, -0.05) is 113 Å². The van der Waals surface area contributed by atoms with Crippen molar-refractivity contribution < 1.29 is 24.6 Å². The number of ether oxygens (including phenoxy) is 2. The Morgan fingerprint density at radius 3 is 1.20 bits per heavy atom. The predicted octanol–water partition coefficient (Wildman–Crippen LogP) is 9.30. The van der Waals surface area contributed by atoms with E-state index in [-0.39, 0.29) is 28.6 Å². The van der Waals surface area contributed by atoms with Crippen LogP contribution in [0.5, 0.6) is 11.5 Å². The summed E-state index contributed by atoms with van der Waals surface area (Å²) in [6, 6.07) is 30.6. The number of hydrogen-bond acceptors (Lipinski definition) is 2. The van der Waals surface area contributed by atoms with Crippen LogP contribution in [0, 0.1) is 0 Å². The van der Waals surface area contributed by atoms with Crippen LogP contribution in [-0.2, 0) is 15.1 Å². The van der Waals surface area contributed by atoms with Gasteiger partial charge < -0.3 is 20.9 Å². The van der Waals surface area contributed by atoms with Gasteiger partial charge in [-0.3, -0.25) is 0 Å². The molecule has 216 valence electrons. The molecular formula is C30H36Cl2N2O2P2RuS. The SMILES string of the molecule is COc1cccc(PC)c1-c1c(OC)cccc1PC.S.[Cl][Ru+2][Cl].[NH-][C@H](c1ccccc1)[C@H]([NH-])c1ccccc1. The molecule has 4 rings (SSSR count). The van der Waals surface area contributed by atoms with Gasteiger partial charge in [0.15, 0.2) is 0 Å². The largest absolute Gasteiger partial charge is 0.672 e. The smallest absolute Gasteiger partial charge is 0.0606 e. The van der Waals surface area contributed by atoms with E-state index in [1.807, 2.05) is 72.8 Å². The van der Waals surface area contributed by atoms with Crippen molar-refractivity contribution in [3.63, 3.8) is 0 Å². The topological polar surface area (TPSA) is 66.1 Å². The van der Waals surface area contributed by atoms with Gasteiger partial charge in [0.25, 0.3) is 0 Å². The van der Waals surface area contributed by atoms with Crippen molar-refractivity contribution in [2.75, 3.05) is 27.5 Å². The van der Waals surface area contributed by atoms with Crippen LogP contribution in [0.25, 0.3) is 22.6 Å². The molecule has 4 aromatic carbocycles. The molecule has 4 nitrogen and oxygen atoms in total. The van der Waals surface area contributed by atoms with E-state index in [9.17, 15) is 0 Å². The van der Waals surface area contributed by atoms with Crippen molar-refractivity contribution in [2.45, 2.75) is 12.1 Å². The number of hydrogen-bond donors (Lipinski definition) is 0. The minimum absolute atomic E-state index is 0. The second-order valence-electron chi connectivity index (χ2n) is 8.09. The van der Waals surface area contributed by atoms with Crippen LogP contribution in [0.1, 0.15) is 23.2 Å². The van der Waals surface area contributed by atoms with Crippen molar-refractivity contribution in [1.82, 2.24) is 0 Å². The molecule has 40 heavy (non-hydrogen) atoms. The van der Waals surface area contributed by atoms with Gasteiger partial charge in [0.1, 0.15) is 11.5 Å². The summed E-state index contributed by atoms with van der Waals surface area (Å²) in [6.45, 7) is 4.39. The van der Waals surface area contributed by atoms with E-state index in [1.54, 1.807) is 14.2 Å². The number of halogens is 2. The second kappa shape index (κ2) is 20.7. The number of rotatable bonds is 8. The van der Waals surface area contributed by atoms with Crippen molar-refractivity contribution in [2.24, 2.45) is 0 Å². The fourth-order valence-electron chi connectivity index (χ4n) is 4.04. The summed E-state index contributed by atoms with van der Waals surface area (Å²) in [6.07, 6.45) is 0. The Kier molecular flexibility index (Phi) is 19.0. The Bertz CT molecular complexity index is 1120. The Morgan fingerprint density at radius 1 is 0.600 bits per heavy atom. The summed E-state index contributed by atoms with van der Waals surface area (Å²) in [5.41, 5.74) is 20.3.